The predicted octanol–water partition coefficient (Wildman–Crippen LogP) is 2.23. The smallest absolute Gasteiger partial charge is 0.158 e. The SMILES string of the molecule is COc1ccccc1-c1nn(C)c2ncc(N)cc12. The van der Waals surface area contributed by atoms with Gasteiger partial charge in [0.25, 0.3) is 0 Å². The van der Waals surface area contributed by atoms with E-state index in [9.17, 15) is 0 Å². The van der Waals surface area contributed by atoms with Crippen molar-refractivity contribution in [3.05, 3.63) is 36.5 Å². The average molecular weight is 254 g/mol. The molecule has 3 rings (SSSR count). The van der Waals surface area contributed by atoms with E-state index in [1.807, 2.05) is 37.4 Å². The molecule has 5 nitrogen and oxygen atoms in total. The molecule has 19 heavy (non-hydrogen) atoms. The van der Waals surface area contributed by atoms with Crippen molar-refractivity contribution < 1.29 is 4.74 Å². The zero-order valence-electron chi connectivity index (χ0n) is 10.8. The van der Waals surface area contributed by atoms with Crippen LogP contribution in [0.2, 0.25) is 0 Å². The van der Waals surface area contributed by atoms with Gasteiger partial charge in [-0.15, -0.1) is 0 Å². The van der Waals surface area contributed by atoms with Gasteiger partial charge in [0.05, 0.1) is 19.0 Å². The van der Waals surface area contributed by atoms with E-state index >= 15 is 0 Å². The van der Waals surface area contributed by atoms with Crippen LogP contribution < -0.4 is 10.5 Å². The Kier molecular flexibility index (Phi) is 2.59. The summed E-state index contributed by atoms with van der Waals surface area (Å²) in [6, 6.07) is 9.66. The molecule has 5 heteroatoms. The fourth-order valence-corrected chi connectivity index (χ4v) is 2.20. The minimum Gasteiger partial charge on any atom is -0.496 e. The average Bonchev–Trinajstić information content (AvgIpc) is 2.75. The number of benzene rings is 1. The van der Waals surface area contributed by atoms with Crippen molar-refractivity contribution in [2.24, 2.45) is 7.05 Å². The number of hydrogen-bond donors (Lipinski definition) is 1. The third-order valence-electron chi connectivity index (χ3n) is 3.06. The predicted molar refractivity (Wildman–Crippen MR) is 74.9 cm³/mol. The van der Waals surface area contributed by atoms with E-state index in [1.165, 1.54) is 0 Å². The van der Waals surface area contributed by atoms with E-state index in [4.69, 9.17) is 10.5 Å². The number of para-hydroxylation sites is 1. The van der Waals surface area contributed by atoms with Crippen LogP contribution in [-0.4, -0.2) is 21.9 Å². The largest absolute Gasteiger partial charge is 0.496 e. The highest BCUT2D eigenvalue weighted by molar-refractivity contribution is 5.94. The molecule has 0 amide bonds. The monoisotopic (exact) mass is 254 g/mol. The Balaban J connectivity index is 2.33. The van der Waals surface area contributed by atoms with Gasteiger partial charge in [0, 0.05) is 18.0 Å². The Morgan fingerprint density at radius 3 is 2.84 bits per heavy atom. The summed E-state index contributed by atoms with van der Waals surface area (Å²) in [4.78, 5) is 4.32. The second-order valence-corrected chi connectivity index (χ2v) is 4.31. The van der Waals surface area contributed by atoms with E-state index in [0.717, 1.165) is 28.0 Å². The number of nitrogens with zero attached hydrogens (tertiary/aromatic N) is 3. The van der Waals surface area contributed by atoms with Gasteiger partial charge in [-0.1, -0.05) is 12.1 Å². The van der Waals surface area contributed by atoms with Crippen LogP contribution in [0.25, 0.3) is 22.3 Å². The minimum atomic E-state index is 0.622. The van der Waals surface area contributed by atoms with E-state index in [1.54, 1.807) is 18.0 Å². The normalized spacial score (nSPS) is 10.8. The summed E-state index contributed by atoms with van der Waals surface area (Å²) in [5.41, 5.74) is 9.00. The quantitative estimate of drug-likeness (QED) is 0.761. The van der Waals surface area contributed by atoms with Crippen molar-refractivity contribution in [3.8, 4) is 17.0 Å². The number of nitrogen functional groups attached to an aromatic ring is 1. The highest BCUT2D eigenvalue weighted by atomic mass is 16.5. The van der Waals surface area contributed by atoms with Gasteiger partial charge in [-0.2, -0.15) is 5.10 Å². The van der Waals surface area contributed by atoms with Crippen LogP contribution in [0.15, 0.2) is 36.5 Å². The van der Waals surface area contributed by atoms with Gasteiger partial charge < -0.3 is 10.5 Å². The number of aromatic nitrogens is 3. The second-order valence-electron chi connectivity index (χ2n) is 4.31. The summed E-state index contributed by atoms with van der Waals surface area (Å²) < 4.78 is 7.13. The van der Waals surface area contributed by atoms with Crippen molar-refractivity contribution in [1.82, 2.24) is 14.8 Å². The number of rotatable bonds is 2. The molecule has 2 heterocycles. The number of hydrogen-bond acceptors (Lipinski definition) is 4. The molecule has 0 saturated carbocycles. The molecule has 0 aliphatic carbocycles. The molecule has 2 aromatic heterocycles. The lowest BCUT2D eigenvalue weighted by Crippen LogP contribution is -1.92. The van der Waals surface area contributed by atoms with Crippen LogP contribution in [0, 0.1) is 0 Å². The number of fused-ring (bicyclic) bond motifs is 1. The molecule has 1 aromatic carbocycles. The molecule has 0 atom stereocenters. The van der Waals surface area contributed by atoms with Crippen LogP contribution in [-0.2, 0) is 7.05 Å². The Labute approximate surface area is 110 Å². The van der Waals surface area contributed by atoms with Crippen molar-refractivity contribution in [2.45, 2.75) is 0 Å². The zero-order chi connectivity index (χ0) is 13.4. The van der Waals surface area contributed by atoms with Gasteiger partial charge in [-0.3, -0.25) is 0 Å². The molecule has 0 aliphatic heterocycles. The third kappa shape index (κ3) is 1.79. The van der Waals surface area contributed by atoms with Crippen LogP contribution >= 0.6 is 0 Å². The standard InChI is InChI=1S/C14H14N4O/c1-18-14-11(7-9(15)8-16-14)13(17-18)10-5-3-4-6-12(10)19-2/h3-8H,15H2,1-2H3. The summed E-state index contributed by atoms with van der Waals surface area (Å²) in [5, 5.41) is 5.45. The first-order chi connectivity index (χ1) is 9.20. The van der Waals surface area contributed by atoms with Crippen LogP contribution in [0.5, 0.6) is 5.75 Å². The number of anilines is 1. The summed E-state index contributed by atoms with van der Waals surface area (Å²) in [6.07, 6.45) is 1.63. The van der Waals surface area contributed by atoms with Crippen molar-refractivity contribution in [1.29, 1.82) is 0 Å². The van der Waals surface area contributed by atoms with Crippen molar-refractivity contribution >= 4 is 16.7 Å². The van der Waals surface area contributed by atoms with Gasteiger partial charge in [0.2, 0.25) is 0 Å². The highest BCUT2D eigenvalue weighted by Gasteiger charge is 2.15. The highest BCUT2D eigenvalue weighted by Crippen LogP contribution is 2.33. The molecular weight excluding hydrogens is 240 g/mol. The van der Waals surface area contributed by atoms with E-state index in [-0.39, 0.29) is 0 Å². The number of methoxy groups -OCH3 is 1. The molecule has 0 unspecified atom stereocenters. The Morgan fingerprint density at radius 1 is 1.26 bits per heavy atom. The van der Waals surface area contributed by atoms with Crippen LogP contribution in [0.1, 0.15) is 0 Å². The lowest BCUT2D eigenvalue weighted by Gasteiger charge is -2.05. The summed E-state index contributed by atoms with van der Waals surface area (Å²) in [5.74, 6) is 0.782. The van der Waals surface area contributed by atoms with Crippen molar-refractivity contribution in [2.75, 3.05) is 12.8 Å². The minimum absolute atomic E-state index is 0.622. The molecule has 96 valence electrons. The maximum Gasteiger partial charge on any atom is 0.158 e. The molecule has 0 bridgehead atoms. The first-order valence-corrected chi connectivity index (χ1v) is 5.92. The van der Waals surface area contributed by atoms with E-state index in [2.05, 4.69) is 10.1 Å². The molecule has 0 spiro atoms. The maximum atomic E-state index is 5.82. The van der Waals surface area contributed by atoms with Crippen molar-refractivity contribution in [3.63, 3.8) is 0 Å². The van der Waals surface area contributed by atoms with Crippen LogP contribution in [0.3, 0.4) is 0 Å². The number of aryl methyl sites for hydroxylation is 1. The second kappa shape index (κ2) is 4.28. The van der Waals surface area contributed by atoms with E-state index < -0.39 is 0 Å². The molecular formula is C14H14N4O. The molecule has 2 N–H and O–H groups in total. The maximum absolute atomic E-state index is 5.82. The zero-order valence-corrected chi connectivity index (χ0v) is 10.8. The lowest BCUT2D eigenvalue weighted by atomic mass is 10.1. The molecule has 0 aliphatic rings. The topological polar surface area (TPSA) is 66.0 Å². The van der Waals surface area contributed by atoms with Gasteiger partial charge in [-0.05, 0) is 18.2 Å². The molecule has 0 radical (unpaired) electrons. The Hall–Kier alpha value is -2.56. The van der Waals surface area contributed by atoms with E-state index in [0.29, 0.717) is 5.69 Å². The van der Waals surface area contributed by atoms with Gasteiger partial charge in [-0.25, -0.2) is 9.67 Å². The molecule has 3 aromatic rings. The first kappa shape index (κ1) is 11.5. The molecule has 0 fully saturated rings. The Morgan fingerprint density at radius 2 is 2.05 bits per heavy atom. The third-order valence-corrected chi connectivity index (χ3v) is 3.06. The molecule has 0 saturated heterocycles. The Bertz CT molecular complexity index is 748. The fourth-order valence-electron chi connectivity index (χ4n) is 2.20. The fraction of sp³-hybridized carbons (Fsp3) is 0.143. The number of nitrogens with two attached hydrogens (primary N) is 1. The van der Waals surface area contributed by atoms with Gasteiger partial charge >= 0.3 is 0 Å². The first-order valence-electron chi connectivity index (χ1n) is 5.92. The van der Waals surface area contributed by atoms with Crippen LogP contribution in [0.4, 0.5) is 5.69 Å². The summed E-state index contributed by atoms with van der Waals surface area (Å²) >= 11 is 0. The lowest BCUT2D eigenvalue weighted by molar-refractivity contribution is 0.416. The summed E-state index contributed by atoms with van der Waals surface area (Å²) in [7, 11) is 3.51. The van der Waals surface area contributed by atoms with Gasteiger partial charge in [0.15, 0.2) is 5.65 Å². The number of pyridine rings is 1. The van der Waals surface area contributed by atoms with Gasteiger partial charge in [0.1, 0.15) is 11.4 Å². The number of ether oxygens (including phenoxy) is 1. The summed E-state index contributed by atoms with van der Waals surface area (Å²) in [6.45, 7) is 0.